The van der Waals surface area contributed by atoms with E-state index in [0.717, 1.165) is 12.3 Å². The van der Waals surface area contributed by atoms with Gasteiger partial charge in [0.2, 0.25) is 5.91 Å². The van der Waals surface area contributed by atoms with Crippen LogP contribution in [0.1, 0.15) is 52.4 Å². The first kappa shape index (κ1) is 14.0. The van der Waals surface area contributed by atoms with E-state index in [1.807, 2.05) is 18.9 Å². The fourth-order valence-electron chi connectivity index (χ4n) is 2.52. The summed E-state index contributed by atoms with van der Waals surface area (Å²) in [6.45, 7) is 4.31. The molecule has 1 unspecified atom stereocenters. The number of rotatable bonds is 4. The van der Waals surface area contributed by atoms with Crippen molar-refractivity contribution in [1.82, 2.24) is 4.90 Å². The van der Waals surface area contributed by atoms with Gasteiger partial charge in [0.05, 0.1) is 4.83 Å². The maximum absolute atomic E-state index is 12.0. The molecule has 0 radical (unpaired) electrons. The van der Waals surface area contributed by atoms with E-state index in [1.165, 1.54) is 32.1 Å². The molecule has 3 heteroatoms. The average Bonchev–Trinajstić information content (AvgIpc) is 2.36. The predicted octanol–water partition coefficient (Wildman–Crippen LogP) is 3.59. The zero-order valence-corrected chi connectivity index (χ0v) is 12.3. The van der Waals surface area contributed by atoms with Crippen molar-refractivity contribution in [1.29, 1.82) is 0 Å². The molecule has 1 rings (SSSR count). The zero-order chi connectivity index (χ0) is 12.1. The number of hydrogen-bond acceptors (Lipinski definition) is 1. The van der Waals surface area contributed by atoms with Gasteiger partial charge in [0.1, 0.15) is 0 Å². The Morgan fingerprint density at radius 3 is 2.31 bits per heavy atom. The Morgan fingerprint density at radius 2 is 1.88 bits per heavy atom. The van der Waals surface area contributed by atoms with Crippen molar-refractivity contribution in [3.63, 3.8) is 0 Å². The third kappa shape index (κ3) is 3.47. The number of nitrogens with zero attached hydrogens (tertiary/aromatic N) is 1. The molecule has 0 aromatic carbocycles. The molecule has 2 nitrogen and oxygen atoms in total. The van der Waals surface area contributed by atoms with Crippen molar-refractivity contribution in [2.75, 3.05) is 7.05 Å². The Morgan fingerprint density at radius 1 is 1.31 bits per heavy atom. The first-order valence-corrected chi connectivity index (χ1v) is 7.42. The molecule has 1 aliphatic rings. The first-order chi connectivity index (χ1) is 7.60. The summed E-state index contributed by atoms with van der Waals surface area (Å²) in [4.78, 5) is 14.0. The van der Waals surface area contributed by atoms with Crippen molar-refractivity contribution in [3.05, 3.63) is 0 Å². The molecule has 1 atom stereocenters. The van der Waals surface area contributed by atoms with Crippen LogP contribution in [-0.2, 0) is 4.79 Å². The lowest BCUT2D eigenvalue weighted by atomic mass is 9.84. The van der Waals surface area contributed by atoms with E-state index in [2.05, 4.69) is 22.9 Å². The van der Waals surface area contributed by atoms with Crippen LogP contribution in [0, 0.1) is 5.92 Å². The maximum Gasteiger partial charge on any atom is 0.236 e. The van der Waals surface area contributed by atoms with Crippen molar-refractivity contribution < 1.29 is 4.79 Å². The summed E-state index contributed by atoms with van der Waals surface area (Å²) in [6, 6.07) is 0.474. The van der Waals surface area contributed by atoms with Crippen LogP contribution in [0.2, 0.25) is 0 Å². The van der Waals surface area contributed by atoms with Crippen molar-refractivity contribution in [2.24, 2.45) is 5.92 Å². The minimum atomic E-state index is 0.00130. The molecule has 0 spiro atoms. The van der Waals surface area contributed by atoms with Crippen LogP contribution >= 0.6 is 15.9 Å². The number of carbonyl (C=O) groups is 1. The topological polar surface area (TPSA) is 20.3 Å². The molecule has 1 saturated carbocycles. The van der Waals surface area contributed by atoms with Gasteiger partial charge in [0, 0.05) is 13.1 Å². The van der Waals surface area contributed by atoms with Gasteiger partial charge in [-0.15, -0.1) is 0 Å². The van der Waals surface area contributed by atoms with Gasteiger partial charge in [-0.05, 0) is 38.0 Å². The van der Waals surface area contributed by atoms with E-state index in [-0.39, 0.29) is 10.7 Å². The van der Waals surface area contributed by atoms with Crippen LogP contribution in [0.3, 0.4) is 0 Å². The summed E-state index contributed by atoms with van der Waals surface area (Å²) < 4.78 is 0. The molecule has 0 aromatic rings. The number of carbonyl (C=O) groups excluding carboxylic acids is 1. The molecule has 0 aliphatic heterocycles. The van der Waals surface area contributed by atoms with Gasteiger partial charge in [0.15, 0.2) is 0 Å². The largest absolute Gasteiger partial charge is 0.342 e. The number of amides is 1. The highest BCUT2D eigenvalue weighted by atomic mass is 79.9. The molecule has 0 bridgehead atoms. The maximum atomic E-state index is 12.0. The summed E-state index contributed by atoms with van der Waals surface area (Å²) >= 11 is 3.44. The molecule has 1 amide bonds. The Hall–Kier alpha value is -0.0500. The molecule has 1 aliphatic carbocycles. The molecular formula is C13H24BrNO. The van der Waals surface area contributed by atoms with Crippen LogP contribution in [0.4, 0.5) is 0 Å². The smallest absolute Gasteiger partial charge is 0.236 e. The molecular weight excluding hydrogens is 266 g/mol. The Bertz CT molecular complexity index is 224. The van der Waals surface area contributed by atoms with E-state index >= 15 is 0 Å². The van der Waals surface area contributed by atoms with Gasteiger partial charge in [-0.2, -0.15) is 0 Å². The van der Waals surface area contributed by atoms with Crippen LogP contribution in [0.5, 0.6) is 0 Å². The second-order valence-electron chi connectivity index (χ2n) is 4.91. The molecule has 94 valence electrons. The van der Waals surface area contributed by atoms with Crippen LogP contribution in [-0.4, -0.2) is 28.7 Å². The highest BCUT2D eigenvalue weighted by Gasteiger charge is 2.27. The van der Waals surface area contributed by atoms with E-state index in [9.17, 15) is 4.79 Å². The SMILES string of the molecule is CCC1CCC(N(C)C(=O)C(Br)CC)CC1. The minimum Gasteiger partial charge on any atom is -0.342 e. The number of halogens is 1. The standard InChI is InChI=1S/C13H24BrNO/c1-4-10-6-8-11(9-7-10)15(3)13(16)12(14)5-2/h10-12H,4-9H2,1-3H3. The van der Waals surface area contributed by atoms with Crippen LogP contribution < -0.4 is 0 Å². The van der Waals surface area contributed by atoms with Gasteiger partial charge < -0.3 is 4.90 Å². The summed E-state index contributed by atoms with van der Waals surface area (Å²) in [5.41, 5.74) is 0. The van der Waals surface area contributed by atoms with Crippen LogP contribution in [0.25, 0.3) is 0 Å². The Labute approximate surface area is 108 Å². The highest BCUT2D eigenvalue weighted by Crippen LogP contribution is 2.29. The fourth-order valence-corrected chi connectivity index (χ4v) is 2.84. The van der Waals surface area contributed by atoms with Crippen molar-refractivity contribution in [2.45, 2.75) is 63.2 Å². The lowest BCUT2D eigenvalue weighted by molar-refractivity contribution is -0.132. The fraction of sp³-hybridized carbons (Fsp3) is 0.923. The second-order valence-corrected chi connectivity index (χ2v) is 6.01. The lowest BCUT2D eigenvalue weighted by Crippen LogP contribution is -2.42. The van der Waals surface area contributed by atoms with E-state index in [1.54, 1.807) is 0 Å². The second kappa shape index (κ2) is 6.63. The van der Waals surface area contributed by atoms with Crippen molar-refractivity contribution in [3.8, 4) is 0 Å². The van der Waals surface area contributed by atoms with Crippen molar-refractivity contribution >= 4 is 21.8 Å². The van der Waals surface area contributed by atoms with E-state index < -0.39 is 0 Å². The van der Waals surface area contributed by atoms with Gasteiger partial charge in [-0.3, -0.25) is 4.79 Å². The molecule has 0 saturated heterocycles. The summed E-state index contributed by atoms with van der Waals surface area (Å²) in [7, 11) is 1.96. The summed E-state index contributed by atoms with van der Waals surface area (Å²) in [5, 5.41) is 0. The monoisotopic (exact) mass is 289 g/mol. The Kier molecular flexibility index (Phi) is 5.81. The molecule has 16 heavy (non-hydrogen) atoms. The quantitative estimate of drug-likeness (QED) is 0.725. The molecule has 0 aromatic heterocycles. The molecule has 0 N–H and O–H groups in total. The lowest BCUT2D eigenvalue weighted by Gasteiger charge is -2.35. The minimum absolute atomic E-state index is 0.00130. The van der Waals surface area contributed by atoms with Gasteiger partial charge >= 0.3 is 0 Å². The van der Waals surface area contributed by atoms with Gasteiger partial charge in [-0.25, -0.2) is 0 Å². The zero-order valence-electron chi connectivity index (χ0n) is 10.7. The first-order valence-electron chi connectivity index (χ1n) is 6.50. The van der Waals surface area contributed by atoms with E-state index in [0.29, 0.717) is 6.04 Å². The molecule has 0 heterocycles. The van der Waals surface area contributed by atoms with E-state index in [4.69, 9.17) is 0 Å². The summed E-state index contributed by atoms with van der Waals surface area (Å²) in [5.74, 6) is 1.15. The Balaban J connectivity index is 2.43. The van der Waals surface area contributed by atoms with Gasteiger partial charge in [-0.1, -0.05) is 36.2 Å². The summed E-state index contributed by atoms with van der Waals surface area (Å²) in [6.07, 6.45) is 7.11. The van der Waals surface area contributed by atoms with Crippen LogP contribution in [0.15, 0.2) is 0 Å². The number of hydrogen-bond donors (Lipinski definition) is 0. The third-order valence-electron chi connectivity index (χ3n) is 3.92. The predicted molar refractivity (Wildman–Crippen MR) is 71.8 cm³/mol. The molecule has 1 fully saturated rings. The van der Waals surface area contributed by atoms with Gasteiger partial charge in [0.25, 0.3) is 0 Å². The average molecular weight is 290 g/mol. The highest BCUT2D eigenvalue weighted by molar-refractivity contribution is 9.10. The third-order valence-corrected chi connectivity index (χ3v) is 4.95. The number of alkyl halides is 1. The normalized spacial score (nSPS) is 27.5.